The fourth-order valence-corrected chi connectivity index (χ4v) is 2.64. The van der Waals surface area contributed by atoms with Gasteiger partial charge < -0.3 is 10.1 Å². The molecule has 0 aliphatic heterocycles. The summed E-state index contributed by atoms with van der Waals surface area (Å²) in [7, 11) is 1.62. The van der Waals surface area contributed by atoms with Crippen molar-refractivity contribution < 1.29 is 4.74 Å². The van der Waals surface area contributed by atoms with Crippen molar-refractivity contribution in [2.75, 3.05) is 12.4 Å². The van der Waals surface area contributed by atoms with Crippen LogP contribution in [0, 0.1) is 0 Å². The van der Waals surface area contributed by atoms with E-state index in [9.17, 15) is 4.79 Å². The molecule has 0 fully saturated rings. The van der Waals surface area contributed by atoms with Crippen molar-refractivity contribution in [1.29, 1.82) is 0 Å². The zero-order chi connectivity index (χ0) is 13.9. The quantitative estimate of drug-likeness (QED) is 0.800. The Labute approximate surface area is 119 Å². The third-order valence-electron chi connectivity index (χ3n) is 2.88. The third kappa shape index (κ3) is 2.48. The second kappa shape index (κ2) is 5.30. The van der Waals surface area contributed by atoms with Crippen LogP contribution in [-0.2, 0) is 0 Å². The molecule has 20 heavy (non-hydrogen) atoms. The number of fused-ring (bicyclic) bond motifs is 1. The average molecular weight is 284 g/mol. The van der Waals surface area contributed by atoms with Crippen LogP contribution in [0.25, 0.3) is 10.9 Å². The van der Waals surface area contributed by atoms with Crippen molar-refractivity contribution in [3.8, 4) is 5.75 Å². The van der Waals surface area contributed by atoms with Crippen molar-refractivity contribution in [3.05, 3.63) is 58.1 Å². The van der Waals surface area contributed by atoms with Crippen LogP contribution in [0.2, 0.25) is 0 Å². The number of methoxy groups -OCH3 is 1. The normalized spacial score (nSPS) is 10.4. The predicted octanol–water partition coefficient (Wildman–Crippen LogP) is 3.41. The van der Waals surface area contributed by atoms with Crippen LogP contribution in [0.1, 0.15) is 0 Å². The predicted molar refractivity (Wildman–Crippen MR) is 82.2 cm³/mol. The molecule has 1 N–H and O–H groups in total. The number of nitrogens with one attached hydrogen (secondary N) is 1. The van der Waals surface area contributed by atoms with Crippen LogP contribution in [0.3, 0.4) is 0 Å². The monoisotopic (exact) mass is 284 g/mol. The summed E-state index contributed by atoms with van der Waals surface area (Å²) in [6.07, 6.45) is 0. The van der Waals surface area contributed by atoms with Gasteiger partial charge in [-0.2, -0.15) is 0 Å². The fourth-order valence-electron chi connectivity index (χ4n) is 1.87. The Hall–Kier alpha value is -2.40. The van der Waals surface area contributed by atoms with Gasteiger partial charge in [0.1, 0.15) is 5.75 Å². The number of aromatic nitrogens is 1. The molecule has 3 aromatic rings. The Morgan fingerprint density at radius 2 is 1.85 bits per heavy atom. The van der Waals surface area contributed by atoms with E-state index in [1.807, 2.05) is 42.5 Å². The van der Waals surface area contributed by atoms with E-state index in [0.717, 1.165) is 22.8 Å². The highest BCUT2D eigenvalue weighted by molar-refractivity contribution is 7.13. The van der Waals surface area contributed by atoms with E-state index in [2.05, 4.69) is 10.3 Å². The number of ether oxygens (including phenoxy) is 1. The Bertz CT molecular complexity index is 797. The first-order chi connectivity index (χ1) is 9.76. The first-order valence-corrected chi connectivity index (χ1v) is 6.89. The van der Waals surface area contributed by atoms with Gasteiger partial charge in [0, 0.05) is 5.69 Å². The molecule has 0 unspecified atom stereocenters. The lowest BCUT2D eigenvalue weighted by Crippen LogP contribution is -2.01. The molecule has 100 valence electrons. The number of hydrogen-bond donors (Lipinski definition) is 1. The Morgan fingerprint density at radius 1 is 1.10 bits per heavy atom. The zero-order valence-corrected chi connectivity index (χ0v) is 11.6. The number of nitrogens with zero attached hydrogens (tertiary/aromatic N) is 1. The molecule has 2 aromatic carbocycles. The van der Waals surface area contributed by atoms with Crippen LogP contribution >= 0.6 is 11.3 Å². The smallest absolute Gasteiger partial charge is 0.245 e. The molecule has 0 saturated carbocycles. The molecule has 1 aromatic heterocycles. The molecule has 0 atom stereocenters. The molecule has 1 heterocycles. The van der Waals surface area contributed by atoms with Crippen molar-refractivity contribution >= 4 is 33.1 Å². The minimum atomic E-state index is 0.00612. The van der Waals surface area contributed by atoms with E-state index in [-0.39, 0.29) is 4.74 Å². The standard InChI is InChI=1S/C15H12N2O2S/c1-19-11-8-6-10(7-9-11)16-15-17-13-5-3-2-4-12(13)14(18)20-15/h2-9H,1H3,(H,16,17). The van der Waals surface area contributed by atoms with Gasteiger partial charge in [-0.1, -0.05) is 23.5 Å². The van der Waals surface area contributed by atoms with E-state index in [1.165, 1.54) is 0 Å². The van der Waals surface area contributed by atoms with Gasteiger partial charge in [-0.05, 0) is 36.4 Å². The van der Waals surface area contributed by atoms with Gasteiger partial charge in [0.05, 0.1) is 18.0 Å². The Balaban J connectivity index is 1.96. The van der Waals surface area contributed by atoms with Gasteiger partial charge in [-0.25, -0.2) is 4.98 Å². The van der Waals surface area contributed by atoms with Crippen LogP contribution in [0.5, 0.6) is 5.75 Å². The maximum absolute atomic E-state index is 12.0. The third-order valence-corrected chi connectivity index (χ3v) is 3.67. The lowest BCUT2D eigenvalue weighted by atomic mass is 10.2. The molecule has 0 aliphatic rings. The molecule has 4 nitrogen and oxygen atoms in total. The molecule has 0 amide bonds. The van der Waals surface area contributed by atoms with Gasteiger partial charge in [-0.3, -0.25) is 4.79 Å². The SMILES string of the molecule is COc1ccc(Nc2nc3ccccc3c(=O)s2)cc1. The van der Waals surface area contributed by atoms with Crippen molar-refractivity contribution in [2.24, 2.45) is 0 Å². The fraction of sp³-hybridized carbons (Fsp3) is 0.0667. The molecule has 0 aliphatic carbocycles. The van der Waals surface area contributed by atoms with E-state index >= 15 is 0 Å². The number of benzene rings is 2. The molecule has 0 spiro atoms. The molecular formula is C15H12N2O2S. The van der Waals surface area contributed by atoms with Crippen molar-refractivity contribution in [3.63, 3.8) is 0 Å². The number of rotatable bonds is 3. The minimum Gasteiger partial charge on any atom is -0.497 e. The lowest BCUT2D eigenvalue weighted by Gasteiger charge is -2.06. The van der Waals surface area contributed by atoms with E-state index in [0.29, 0.717) is 16.0 Å². The van der Waals surface area contributed by atoms with Crippen molar-refractivity contribution in [1.82, 2.24) is 4.98 Å². The summed E-state index contributed by atoms with van der Waals surface area (Å²) in [5.41, 5.74) is 1.57. The van der Waals surface area contributed by atoms with Gasteiger partial charge in [-0.15, -0.1) is 0 Å². The number of anilines is 2. The molecule has 0 radical (unpaired) electrons. The van der Waals surface area contributed by atoms with E-state index in [1.54, 1.807) is 13.2 Å². The van der Waals surface area contributed by atoms with Crippen LogP contribution in [0.4, 0.5) is 10.8 Å². The molecule has 0 saturated heterocycles. The summed E-state index contributed by atoms with van der Waals surface area (Å²) in [4.78, 5) is 16.5. The van der Waals surface area contributed by atoms with Crippen LogP contribution in [0.15, 0.2) is 53.3 Å². The first kappa shape index (κ1) is 12.6. The van der Waals surface area contributed by atoms with Crippen LogP contribution in [-0.4, -0.2) is 12.1 Å². The first-order valence-electron chi connectivity index (χ1n) is 6.07. The topological polar surface area (TPSA) is 51.2 Å². The van der Waals surface area contributed by atoms with Gasteiger partial charge in [0.2, 0.25) is 4.74 Å². The summed E-state index contributed by atoms with van der Waals surface area (Å²) in [5.74, 6) is 0.787. The Morgan fingerprint density at radius 3 is 2.60 bits per heavy atom. The Kier molecular flexibility index (Phi) is 3.35. The highest BCUT2D eigenvalue weighted by Gasteiger charge is 2.04. The summed E-state index contributed by atoms with van der Waals surface area (Å²) in [6.45, 7) is 0. The lowest BCUT2D eigenvalue weighted by molar-refractivity contribution is 0.415. The van der Waals surface area contributed by atoms with Crippen LogP contribution < -0.4 is 14.8 Å². The minimum absolute atomic E-state index is 0.00612. The van der Waals surface area contributed by atoms with Gasteiger partial charge >= 0.3 is 0 Å². The summed E-state index contributed by atoms with van der Waals surface area (Å²) in [6, 6.07) is 14.8. The summed E-state index contributed by atoms with van der Waals surface area (Å²) in [5, 5.41) is 4.37. The second-order valence-corrected chi connectivity index (χ2v) is 5.14. The number of hydrogen-bond acceptors (Lipinski definition) is 5. The maximum Gasteiger partial charge on any atom is 0.245 e. The average Bonchev–Trinajstić information content (AvgIpc) is 2.48. The van der Waals surface area contributed by atoms with Gasteiger partial charge in [0.25, 0.3) is 0 Å². The molecule has 3 rings (SSSR count). The summed E-state index contributed by atoms with van der Waals surface area (Å²) < 4.78 is 5.11. The van der Waals surface area contributed by atoms with E-state index in [4.69, 9.17) is 4.74 Å². The highest BCUT2D eigenvalue weighted by Crippen LogP contribution is 2.21. The zero-order valence-electron chi connectivity index (χ0n) is 10.8. The van der Waals surface area contributed by atoms with Gasteiger partial charge in [0.15, 0.2) is 5.13 Å². The summed E-state index contributed by atoms with van der Waals surface area (Å²) >= 11 is 1.10. The van der Waals surface area contributed by atoms with Crippen molar-refractivity contribution in [2.45, 2.75) is 0 Å². The molecule has 0 bridgehead atoms. The molecular weight excluding hydrogens is 272 g/mol. The number of para-hydroxylation sites is 1. The highest BCUT2D eigenvalue weighted by atomic mass is 32.1. The molecule has 5 heteroatoms. The van der Waals surface area contributed by atoms with E-state index < -0.39 is 0 Å². The maximum atomic E-state index is 12.0. The largest absolute Gasteiger partial charge is 0.497 e. The second-order valence-electron chi connectivity index (χ2n) is 4.18.